The molecule has 1 aromatic rings. The van der Waals surface area contributed by atoms with Gasteiger partial charge in [-0.15, -0.1) is 0 Å². The molecule has 0 aromatic heterocycles. The van der Waals surface area contributed by atoms with Crippen molar-refractivity contribution in [1.29, 1.82) is 0 Å². The summed E-state index contributed by atoms with van der Waals surface area (Å²) in [6, 6.07) is 5.21. The van der Waals surface area contributed by atoms with Gasteiger partial charge in [0.2, 0.25) is 0 Å². The van der Waals surface area contributed by atoms with Gasteiger partial charge < -0.3 is 14.5 Å². The predicted molar refractivity (Wildman–Crippen MR) is 82.4 cm³/mol. The highest BCUT2D eigenvalue weighted by Gasteiger charge is 2.38. The molecule has 0 aliphatic heterocycles. The average Bonchev–Trinajstić information content (AvgIpc) is 2.34. The first-order chi connectivity index (χ1) is 9.45. The Morgan fingerprint density at radius 2 is 2.00 bits per heavy atom. The van der Waals surface area contributed by atoms with E-state index >= 15 is 0 Å². The van der Waals surface area contributed by atoms with Crippen molar-refractivity contribution in [3.05, 3.63) is 39.9 Å². The molecule has 0 aliphatic rings. The van der Waals surface area contributed by atoms with Crippen LogP contribution in [0.2, 0.25) is 5.54 Å². The van der Waals surface area contributed by atoms with E-state index in [1.165, 1.54) is 18.2 Å². The van der Waals surface area contributed by atoms with E-state index in [0.29, 0.717) is 0 Å². The smallest absolute Gasteiger partial charge is 0.355 e. The number of non-ortho nitro benzene ring substituents is 1. The van der Waals surface area contributed by atoms with Gasteiger partial charge >= 0.3 is 7.60 Å². The molecule has 0 saturated carbocycles. The van der Waals surface area contributed by atoms with E-state index in [1.54, 1.807) is 13.8 Å². The molecule has 0 heterocycles. The van der Waals surface area contributed by atoms with Crippen molar-refractivity contribution in [2.24, 2.45) is 0 Å². The zero-order chi connectivity index (χ0) is 16.4. The Morgan fingerprint density at radius 1 is 1.43 bits per heavy atom. The lowest BCUT2D eigenvalue weighted by Crippen LogP contribution is -2.31. The number of nitro groups is 1. The van der Waals surface area contributed by atoms with Gasteiger partial charge in [-0.2, -0.15) is 0 Å². The van der Waals surface area contributed by atoms with Crippen molar-refractivity contribution in [2.75, 3.05) is 0 Å². The van der Waals surface area contributed by atoms with E-state index in [0.717, 1.165) is 16.3 Å². The molecule has 2 N–H and O–H groups in total. The van der Waals surface area contributed by atoms with E-state index in [2.05, 4.69) is 0 Å². The maximum atomic E-state index is 11.7. The lowest BCUT2D eigenvalue weighted by atomic mass is 10.1. The fourth-order valence-electron chi connectivity index (χ4n) is 1.55. The van der Waals surface area contributed by atoms with Crippen molar-refractivity contribution in [3.8, 4) is 0 Å². The van der Waals surface area contributed by atoms with Gasteiger partial charge in [0.25, 0.3) is 5.69 Å². The van der Waals surface area contributed by atoms with Crippen molar-refractivity contribution in [2.45, 2.75) is 37.8 Å². The monoisotopic (exact) mass is 333 g/mol. The Labute approximate surface area is 126 Å². The van der Waals surface area contributed by atoms with Crippen molar-refractivity contribution in [3.63, 3.8) is 0 Å². The van der Waals surface area contributed by atoms with Crippen LogP contribution >= 0.6 is 7.60 Å². The first kappa shape index (κ1) is 18.0. The van der Waals surface area contributed by atoms with Crippen molar-refractivity contribution < 1.29 is 24.0 Å². The lowest BCUT2D eigenvalue weighted by Gasteiger charge is -2.34. The highest BCUT2D eigenvalue weighted by atomic mass is 31.2. The SMILES string of the molecule is CC([SiH3])C(C)(C)OC(c1cccc([N+](=O)[O-])c1)P(=O)(O)O. The van der Waals surface area contributed by atoms with Crippen LogP contribution in [0.3, 0.4) is 0 Å². The third kappa shape index (κ3) is 4.72. The van der Waals surface area contributed by atoms with Gasteiger partial charge in [0, 0.05) is 22.4 Å². The van der Waals surface area contributed by atoms with Gasteiger partial charge in [0.15, 0.2) is 5.85 Å². The summed E-state index contributed by atoms with van der Waals surface area (Å²) in [4.78, 5) is 29.3. The van der Waals surface area contributed by atoms with Crippen molar-refractivity contribution in [1.82, 2.24) is 0 Å². The Morgan fingerprint density at radius 3 is 2.43 bits per heavy atom. The molecule has 0 saturated heterocycles. The highest BCUT2D eigenvalue weighted by molar-refractivity contribution is 7.52. The molecule has 0 fully saturated rings. The minimum atomic E-state index is -4.61. The van der Waals surface area contributed by atoms with Crippen LogP contribution in [0.4, 0.5) is 5.69 Å². The third-order valence-corrected chi connectivity index (χ3v) is 5.88. The predicted octanol–water partition coefficient (Wildman–Crippen LogP) is 1.74. The van der Waals surface area contributed by atoms with Gasteiger partial charge in [-0.25, -0.2) is 0 Å². The first-order valence-electron chi connectivity index (χ1n) is 6.42. The first-order valence-corrected chi connectivity index (χ1v) is 9.26. The lowest BCUT2D eigenvalue weighted by molar-refractivity contribution is -0.385. The third-order valence-electron chi connectivity index (χ3n) is 3.48. The molecule has 0 aliphatic carbocycles. The van der Waals surface area contributed by atoms with Crippen LogP contribution in [0.15, 0.2) is 24.3 Å². The van der Waals surface area contributed by atoms with Crippen LogP contribution in [-0.2, 0) is 9.30 Å². The standard InChI is InChI=1S/C12H20NO6PSi/c1-8(21)12(2,3)19-11(20(16,17)18)9-5-4-6-10(7-9)13(14)15/h4-8,11H,1-3,21H3,(H2,16,17,18). The van der Waals surface area contributed by atoms with Gasteiger partial charge in [0.1, 0.15) is 0 Å². The second-order valence-electron chi connectivity index (χ2n) is 5.67. The Bertz CT molecular complexity index is 571. The molecule has 21 heavy (non-hydrogen) atoms. The molecule has 0 radical (unpaired) electrons. The molecule has 118 valence electrons. The summed E-state index contributed by atoms with van der Waals surface area (Å²) < 4.78 is 17.4. The van der Waals surface area contributed by atoms with Crippen molar-refractivity contribution >= 4 is 23.5 Å². The zero-order valence-electron chi connectivity index (χ0n) is 12.4. The van der Waals surface area contributed by atoms with Crippen LogP contribution in [0.25, 0.3) is 0 Å². The molecule has 9 heteroatoms. The van der Waals surface area contributed by atoms with Gasteiger partial charge in [0.05, 0.1) is 10.5 Å². The summed E-state index contributed by atoms with van der Waals surface area (Å²) >= 11 is 0. The Balaban J connectivity index is 3.25. The van der Waals surface area contributed by atoms with E-state index in [4.69, 9.17) is 4.74 Å². The summed E-state index contributed by atoms with van der Waals surface area (Å²) in [5.41, 5.74) is -0.715. The molecule has 1 aromatic carbocycles. The summed E-state index contributed by atoms with van der Waals surface area (Å²) in [6.45, 7) is 5.44. The van der Waals surface area contributed by atoms with Gasteiger partial charge in [-0.1, -0.05) is 19.1 Å². The van der Waals surface area contributed by atoms with Crippen LogP contribution in [0.5, 0.6) is 0 Å². The molecule has 7 nitrogen and oxygen atoms in total. The minimum absolute atomic E-state index is 0.105. The molecule has 0 amide bonds. The second-order valence-corrected chi connectivity index (χ2v) is 9.05. The van der Waals surface area contributed by atoms with Gasteiger partial charge in [-0.3, -0.25) is 14.7 Å². The fourth-order valence-corrected chi connectivity index (χ4v) is 2.64. The fraction of sp³-hybridized carbons (Fsp3) is 0.500. The average molecular weight is 333 g/mol. The molecular formula is C12H20NO6PSi. The summed E-state index contributed by atoms with van der Waals surface area (Å²) in [7, 11) is -3.82. The largest absolute Gasteiger partial charge is 0.358 e. The Kier molecular flexibility index (Phi) is 5.46. The minimum Gasteiger partial charge on any atom is -0.355 e. The second kappa shape index (κ2) is 6.37. The number of hydrogen-bond donors (Lipinski definition) is 2. The number of ether oxygens (including phenoxy) is 1. The molecule has 2 atom stereocenters. The van der Waals surface area contributed by atoms with Crippen LogP contribution in [0.1, 0.15) is 32.2 Å². The number of benzene rings is 1. The Hall–Kier alpha value is -1.05. The molecule has 0 bridgehead atoms. The van der Waals surface area contributed by atoms with E-state index < -0.39 is 24.0 Å². The van der Waals surface area contributed by atoms with Crippen LogP contribution in [0, 0.1) is 10.1 Å². The topological polar surface area (TPSA) is 110 Å². The van der Waals surface area contributed by atoms with E-state index in [1.807, 2.05) is 6.92 Å². The molecule has 2 unspecified atom stereocenters. The number of rotatable bonds is 6. The van der Waals surface area contributed by atoms with Gasteiger partial charge in [-0.05, 0) is 25.0 Å². The molecular weight excluding hydrogens is 313 g/mol. The van der Waals surface area contributed by atoms with E-state index in [-0.39, 0.29) is 16.8 Å². The zero-order valence-corrected chi connectivity index (χ0v) is 15.3. The number of hydrogen-bond acceptors (Lipinski definition) is 4. The number of nitro benzene ring substituents is 1. The summed E-state index contributed by atoms with van der Waals surface area (Å²) in [5.74, 6) is -1.51. The van der Waals surface area contributed by atoms with Crippen LogP contribution < -0.4 is 0 Å². The summed E-state index contributed by atoms with van der Waals surface area (Å²) in [5, 5.41) is 10.8. The quantitative estimate of drug-likeness (QED) is 0.355. The maximum absolute atomic E-state index is 11.7. The number of nitrogens with zero attached hydrogens (tertiary/aromatic N) is 1. The van der Waals surface area contributed by atoms with E-state index in [9.17, 15) is 24.5 Å². The summed E-state index contributed by atoms with van der Waals surface area (Å²) in [6.07, 6.45) is 0. The molecule has 0 spiro atoms. The normalized spacial score (nSPS) is 15.7. The highest BCUT2D eigenvalue weighted by Crippen LogP contribution is 2.55. The molecule has 1 rings (SSSR count). The van der Waals surface area contributed by atoms with Crippen LogP contribution in [-0.4, -0.2) is 30.6 Å². The maximum Gasteiger partial charge on any atom is 0.358 e.